The third-order valence-electron chi connectivity index (χ3n) is 3.76. The molecule has 1 amide bonds. The van der Waals surface area contributed by atoms with Crippen molar-refractivity contribution in [2.75, 3.05) is 6.54 Å². The monoisotopic (exact) mass is 278 g/mol. The lowest BCUT2D eigenvalue weighted by Gasteiger charge is -2.24. The molecule has 4 nitrogen and oxygen atoms in total. The van der Waals surface area contributed by atoms with Crippen LogP contribution in [-0.2, 0) is 11.2 Å². The van der Waals surface area contributed by atoms with E-state index in [1.807, 2.05) is 32.9 Å². The molecule has 1 heterocycles. The molecule has 0 aliphatic heterocycles. The Morgan fingerprint density at radius 1 is 1.50 bits per heavy atom. The summed E-state index contributed by atoms with van der Waals surface area (Å²) >= 11 is 0. The summed E-state index contributed by atoms with van der Waals surface area (Å²) in [5.41, 5.74) is 5.51. The summed E-state index contributed by atoms with van der Waals surface area (Å²) in [6.07, 6.45) is 1.78. The Hall–Kier alpha value is -1.29. The fourth-order valence-electron chi connectivity index (χ4n) is 2.42. The van der Waals surface area contributed by atoms with E-state index < -0.39 is 0 Å². The van der Waals surface area contributed by atoms with E-state index in [1.165, 1.54) is 6.42 Å². The van der Waals surface area contributed by atoms with Gasteiger partial charge in [0, 0.05) is 24.4 Å². The number of hydrogen-bond donors (Lipinski definition) is 2. The Bertz CT molecular complexity index is 473. The normalized spacial score (nSPS) is 23.4. The van der Waals surface area contributed by atoms with E-state index in [9.17, 15) is 4.79 Å². The van der Waals surface area contributed by atoms with Crippen LogP contribution in [0, 0.1) is 11.8 Å². The van der Waals surface area contributed by atoms with Gasteiger partial charge in [-0.25, -0.2) is 0 Å². The summed E-state index contributed by atoms with van der Waals surface area (Å²) in [6.45, 7) is 8.47. The van der Waals surface area contributed by atoms with Crippen LogP contribution in [-0.4, -0.2) is 18.0 Å². The first-order valence-corrected chi connectivity index (χ1v) is 7.41. The minimum atomic E-state index is -0.234. The van der Waals surface area contributed by atoms with Gasteiger partial charge in [-0.15, -0.1) is 0 Å². The van der Waals surface area contributed by atoms with E-state index in [0.29, 0.717) is 18.9 Å². The molecule has 4 heteroatoms. The molecule has 3 N–H and O–H groups in total. The van der Waals surface area contributed by atoms with Crippen molar-refractivity contribution in [3.63, 3.8) is 0 Å². The minimum absolute atomic E-state index is 0.00209. The average Bonchev–Trinajstić information content (AvgIpc) is 2.88. The molecule has 1 aromatic rings. The van der Waals surface area contributed by atoms with Gasteiger partial charge in [0.15, 0.2) is 0 Å². The zero-order chi connectivity index (χ0) is 14.9. The number of furan rings is 1. The molecule has 0 spiro atoms. The molecule has 1 aromatic heterocycles. The Labute approximate surface area is 121 Å². The van der Waals surface area contributed by atoms with Gasteiger partial charge in [0.2, 0.25) is 5.91 Å². The van der Waals surface area contributed by atoms with Crippen molar-refractivity contribution in [1.29, 1.82) is 0 Å². The first-order valence-electron chi connectivity index (χ1n) is 7.41. The molecule has 3 atom stereocenters. The highest BCUT2D eigenvalue weighted by molar-refractivity contribution is 5.79. The van der Waals surface area contributed by atoms with Crippen LogP contribution in [0.25, 0.3) is 0 Å². The molecule has 112 valence electrons. The fourth-order valence-corrected chi connectivity index (χ4v) is 2.42. The van der Waals surface area contributed by atoms with Gasteiger partial charge in [0.1, 0.15) is 11.5 Å². The second-order valence-corrected chi connectivity index (χ2v) is 7.00. The van der Waals surface area contributed by atoms with Crippen LogP contribution in [0.4, 0.5) is 0 Å². The van der Waals surface area contributed by atoms with Crippen LogP contribution >= 0.6 is 0 Å². The molecule has 1 fully saturated rings. The molecule has 0 aromatic carbocycles. The quantitative estimate of drug-likeness (QED) is 0.869. The number of rotatable bonds is 5. The summed E-state index contributed by atoms with van der Waals surface area (Å²) in [4.78, 5) is 12.2. The topological polar surface area (TPSA) is 68.3 Å². The Balaban J connectivity index is 1.95. The molecule has 2 rings (SSSR count). The fraction of sp³-hybridized carbons (Fsp3) is 0.688. The van der Waals surface area contributed by atoms with Gasteiger partial charge in [-0.05, 0) is 45.2 Å². The lowest BCUT2D eigenvalue weighted by Crippen LogP contribution is -2.46. The van der Waals surface area contributed by atoms with E-state index in [2.05, 4.69) is 12.2 Å². The molecule has 0 saturated heterocycles. The van der Waals surface area contributed by atoms with Crippen LogP contribution in [0.1, 0.15) is 51.6 Å². The molecule has 1 saturated carbocycles. The summed E-state index contributed by atoms with van der Waals surface area (Å²) in [5, 5.41) is 2.98. The number of hydrogen-bond acceptors (Lipinski definition) is 3. The first kappa shape index (κ1) is 15.1. The van der Waals surface area contributed by atoms with Gasteiger partial charge in [-0.1, -0.05) is 6.92 Å². The van der Waals surface area contributed by atoms with E-state index in [0.717, 1.165) is 17.4 Å². The van der Waals surface area contributed by atoms with E-state index in [-0.39, 0.29) is 17.4 Å². The second kappa shape index (κ2) is 5.60. The van der Waals surface area contributed by atoms with Crippen molar-refractivity contribution < 1.29 is 9.21 Å². The first-order chi connectivity index (χ1) is 9.30. The smallest absolute Gasteiger partial charge is 0.225 e. The Kier molecular flexibility index (Phi) is 4.23. The Morgan fingerprint density at radius 2 is 2.15 bits per heavy atom. The highest BCUT2D eigenvalue weighted by Gasteiger charge is 2.36. The second-order valence-electron chi connectivity index (χ2n) is 7.00. The highest BCUT2D eigenvalue weighted by Crippen LogP contribution is 2.47. The maximum Gasteiger partial charge on any atom is 0.225 e. The summed E-state index contributed by atoms with van der Waals surface area (Å²) < 4.78 is 5.86. The Morgan fingerprint density at radius 3 is 2.65 bits per heavy atom. The maximum absolute atomic E-state index is 12.2. The van der Waals surface area contributed by atoms with Crippen LogP contribution in [0.15, 0.2) is 16.5 Å². The highest BCUT2D eigenvalue weighted by atomic mass is 16.3. The molecular weight excluding hydrogens is 252 g/mol. The van der Waals surface area contributed by atoms with Crippen molar-refractivity contribution in [2.24, 2.45) is 17.6 Å². The number of carbonyl (C=O) groups excluding carboxylic acids is 1. The van der Waals surface area contributed by atoms with Crippen LogP contribution in [0.2, 0.25) is 0 Å². The van der Waals surface area contributed by atoms with Crippen LogP contribution in [0.5, 0.6) is 0 Å². The van der Waals surface area contributed by atoms with Gasteiger partial charge in [0.25, 0.3) is 0 Å². The maximum atomic E-state index is 12.2. The van der Waals surface area contributed by atoms with Gasteiger partial charge >= 0.3 is 0 Å². The largest absolute Gasteiger partial charge is 0.466 e. The van der Waals surface area contributed by atoms with Crippen LogP contribution in [0.3, 0.4) is 0 Å². The molecular formula is C16H26N2O2. The molecule has 3 unspecified atom stereocenters. The molecule has 1 aliphatic rings. The van der Waals surface area contributed by atoms with Crippen molar-refractivity contribution in [3.8, 4) is 0 Å². The predicted octanol–water partition coefficient (Wildman–Crippen LogP) is 2.44. The number of carbonyl (C=O) groups is 1. The van der Waals surface area contributed by atoms with Crippen molar-refractivity contribution >= 4 is 5.91 Å². The molecule has 0 radical (unpaired) electrons. The van der Waals surface area contributed by atoms with E-state index >= 15 is 0 Å². The zero-order valence-corrected chi connectivity index (χ0v) is 12.9. The van der Waals surface area contributed by atoms with Crippen molar-refractivity contribution in [3.05, 3.63) is 23.7 Å². The number of amides is 1. The number of nitrogens with two attached hydrogens (primary N) is 1. The average molecular weight is 278 g/mol. The lowest BCUT2D eigenvalue weighted by molar-refractivity contribution is -0.126. The van der Waals surface area contributed by atoms with Gasteiger partial charge < -0.3 is 15.5 Å². The van der Waals surface area contributed by atoms with Crippen molar-refractivity contribution in [2.45, 2.75) is 52.0 Å². The SMILES string of the molecule is CC1CC1c1ccc(CC(CN)C(=O)NC(C)(C)C)o1. The van der Waals surface area contributed by atoms with E-state index in [1.54, 1.807) is 0 Å². The minimum Gasteiger partial charge on any atom is -0.466 e. The third-order valence-corrected chi connectivity index (χ3v) is 3.76. The van der Waals surface area contributed by atoms with Crippen LogP contribution < -0.4 is 11.1 Å². The summed E-state index contributed by atoms with van der Waals surface area (Å²) in [7, 11) is 0. The third kappa shape index (κ3) is 3.85. The standard InChI is InChI=1S/C16H26N2O2/c1-10-7-13(10)14-6-5-12(20-14)8-11(9-17)15(19)18-16(2,3)4/h5-6,10-11,13H,7-9,17H2,1-4H3,(H,18,19). The van der Waals surface area contributed by atoms with Gasteiger partial charge in [0.05, 0.1) is 5.92 Å². The summed E-state index contributed by atoms with van der Waals surface area (Å²) in [5.74, 6) is 2.98. The van der Waals surface area contributed by atoms with Gasteiger partial charge in [-0.2, -0.15) is 0 Å². The van der Waals surface area contributed by atoms with E-state index in [4.69, 9.17) is 10.2 Å². The van der Waals surface area contributed by atoms with Gasteiger partial charge in [-0.3, -0.25) is 4.79 Å². The predicted molar refractivity (Wildman–Crippen MR) is 79.4 cm³/mol. The molecule has 0 bridgehead atoms. The summed E-state index contributed by atoms with van der Waals surface area (Å²) in [6, 6.07) is 4.02. The molecule has 20 heavy (non-hydrogen) atoms. The number of nitrogens with one attached hydrogen (secondary N) is 1. The van der Waals surface area contributed by atoms with Crippen molar-refractivity contribution in [1.82, 2.24) is 5.32 Å². The lowest BCUT2D eigenvalue weighted by atomic mass is 10.0. The molecule has 1 aliphatic carbocycles. The zero-order valence-electron chi connectivity index (χ0n) is 12.9.